The van der Waals surface area contributed by atoms with E-state index in [1.807, 2.05) is 13.0 Å². The number of hydroxylamine groups is 2. The molecule has 2 N–H and O–H groups in total. The third-order valence-electron chi connectivity index (χ3n) is 3.47. The number of hydrogen-bond donors (Lipinski definition) is 2. The molecule has 0 saturated heterocycles. The number of rotatable bonds is 7. The minimum absolute atomic E-state index is 0.0730. The van der Waals surface area contributed by atoms with E-state index in [4.69, 9.17) is 4.84 Å². The summed E-state index contributed by atoms with van der Waals surface area (Å²) in [5.74, 6) is 0.403. The molecule has 0 aliphatic carbocycles. The zero-order valence-corrected chi connectivity index (χ0v) is 13.9. The van der Waals surface area contributed by atoms with Crippen molar-refractivity contribution >= 4 is 17.5 Å². The molecular formula is C17H19N3O5. The fraction of sp³-hybridized carbons (Fsp3) is 0.235. The second kappa shape index (κ2) is 8.00. The van der Waals surface area contributed by atoms with Crippen molar-refractivity contribution in [1.82, 2.24) is 5.06 Å². The summed E-state index contributed by atoms with van der Waals surface area (Å²) >= 11 is 0. The van der Waals surface area contributed by atoms with Crippen LogP contribution in [-0.4, -0.2) is 33.8 Å². The summed E-state index contributed by atoms with van der Waals surface area (Å²) in [6.07, 6.45) is -1.25. The van der Waals surface area contributed by atoms with Crippen molar-refractivity contribution in [2.45, 2.75) is 19.9 Å². The van der Waals surface area contributed by atoms with Crippen LogP contribution in [0.2, 0.25) is 0 Å². The maximum Gasteiger partial charge on any atom is 0.441 e. The first-order valence-electron chi connectivity index (χ1n) is 7.62. The lowest BCUT2D eigenvalue weighted by atomic mass is 10.2. The van der Waals surface area contributed by atoms with Gasteiger partial charge >= 0.3 is 6.09 Å². The largest absolute Gasteiger partial charge is 0.463 e. The molecule has 1 amide bonds. The number of nitrogens with zero attached hydrogens (tertiary/aromatic N) is 2. The standard InChI is InChI=1S/C17H19N3O5/c1-12-6-5-7-14(10-12)25-19(17(21)22)13(2)11-18-15-8-3-4-9-16(15)20(23)24/h3-10,13,18H,11H2,1-2H3,(H,21,22). The average molecular weight is 345 g/mol. The van der Waals surface area contributed by atoms with Gasteiger partial charge in [-0.1, -0.05) is 24.3 Å². The Morgan fingerprint density at radius 2 is 2.04 bits per heavy atom. The van der Waals surface area contributed by atoms with Gasteiger partial charge in [0.2, 0.25) is 0 Å². The summed E-state index contributed by atoms with van der Waals surface area (Å²) < 4.78 is 0. The van der Waals surface area contributed by atoms with Gasteiger partial charge in [-0.05, 0) is 37.6 Å². The molecule has 8 nitrogen and oxygen atoms in total. The first kappa shape index (κ1) is 18.1. The maximum absolute atomic E-state index is 11.5. The number of carbonyl (C=O) groups is 1. The highest BCUT2D eigenvalue weighted by Crippen LogP contribution is 2.23. The second-order valence-electron chi connectivity index (χ2n) is 5.52. The van der Waals surface area contributed by atoms with Crippen molar-refractivity contribution in [2.75, 3.05) is 11.9 Å². The molecule has 2 rings (SSSR count). The second-order valence-corrected chi connectivity index (χ2v) is 5.52. The Morgan fingerprint density at radius 1 is 1.32 bits per heavy atom. The van der Waals surface area contributed by atoms with Crippen LogP contribution in [0.25, 0.3) is 0 Å². The van der Waals surface area contributed by atoms with Gasteiger partial charge in [0, 0.05) is 12.6 Å². The average Bonchev–Trinajstić information content (AvgIpc) is 2.57. The summed E-state index contributed by atoms with van der Waals surface area (Å²) in [5.41, 5.74) is 1.19. The number of carboxylic acid groups (broad SMARTS) is 1. The highest BCUT2D eigenvalue weighted by molar-refractivity contribution is 5.65. The van der Waals surface area contributed by atoms with Crippen LogP contribution in [0.4, 0.5) is 16.2 Å². The number of hydrogen-bond acceptors (Lipinski definition) is 5. The van der Waals surface area contributed by atoms with E-state index in [9.17, 15) is 20.0 Å². The minimum Gasteiger partial charge on any atom is -0.463 e. The molecule has 0 bridgehead atoms. The molecule has 0 spiro atoms. The van der Waals surface area contributed by atoms with Gasteiger partial charge in [0.1, 0.15) is 5.69 Å². The Kier molecular flexibility index (Phi) is 5.78. The summed E-state index contributed by atoms with van der Waals surface area (Å²) in [5, 5.41) is 24.1. The highest BCUT2D eigenvalue weighted by atomic mass is 16.7. The highest BCUT2D eigenvalue weighted by Gasteiger charge is 2.23. The van der Waals surface area contributed by atoms with Gasteiger partial charge in [-0.3, -0.25) is 10.1 Å². The molecule has 0 radical (unpaired) electrons. The van der Waals surface area contributed by atoms with Gasteiger partial charge in [-0.25, -0.2) is 4.79 Å². The quantitative estimate of drug-likeness (QED) is 0.586. The summed E-state index contributed by atoms with van der Waals surface area (Å²) in [7, 11) is 0. The lowest BCUT2D eigenvalue weighted by molar-refractivity contribution is -0.384. The molecule has 1 unspecified atom stereocenters. The fourth-order valence-electron chi connectivity index (χ4n) is 2.23. The van der Waals surface area contributed by atoms with E-state index >= 15 is 0 Å². The van der Waals surface area contributed by atoms with Crippen molar-refractivity contribution in [2.24, 2.45) is 0 Å². The number of nitrogens with one attached hydrogen (secondary N) is 1. The van der Waals surface area contributed by atoms with Crippen molar-refractivity contribution < 1.29 is 19.7 Å². The fourth-order valence-corrected chi connectivity index (χ4v) is 2.23. The van der Waals surface area contributed by atoms with E-state index in [0.717, 1.165) is 10.6 Å². The Bertz CT molecular complexity index is 765. The maximum atomic E-state index is 11.5. The third kappa shape index (κ3) is 4.84. The topological polar surface area (TPSA) is 105 Å². The Balaban J connectivity index is 2.07. The number of nitro benzene ring substituents is 1. The van der Waals surface area contributed by atoms with Crippen LogP contribution in [0.15, 0.2) is 48.5 Å². The van der Waals surface area contributed by atoms with E-state index in [1.54, 1.807) is 43.3 Å². The van der Waals surface area contributed by atoms with Crippen molar-refractivity contribution in [1.29, 1.82) is 0 Å². The van der Waals surface area contributed by atoms with Crippen LogP contribution in [0, 0.1) is 17.0 Å². The van der Waals surface area contributed by atoms with Crippen LogP contribution in [0.5, 0.6) is 5.75 Å². The number of nitro groups is 1. The van der Waals surface area contributed by atoms with Crippen molar-refractivity contribution in [3.05, 3.63) is 64.2 Å². The Labute approximate surface area is 144 Å². The number of para-hydroxylation sites is 2. The summed E-state index contributed by atoms with van der Waals surface area (Å²) in [4.78, 5) is 27.4. The first-order valence-corrected chi connectivity index (χ1v) is 7.62. The van der Waals surface area contributed by atoms with Crippen LogP contribution >= 0.6 is 0 Å². The van der Waals surface area contributed by atoms with E-state index in [0.29, 0.717) is 11.4 Å². The molecule has 132 valence electrons. The molecule has 0 heterocycles. The molecule has 0 aromatic heterocycles. The van der Waals surface area contributed by atoms with E-state index < -0.39 is 17.1 Å². The van der Waals surface area contributed by atoms with Gasteiger partial charge in [0.25, 0.3) is 5.69 Å². The minimum atomic E-state index is -1.25. The van der Waals surface area contributed by atoms with Gasteiger partial charge in [-0.15, -0.1) is 5.06 Å². The Morgan fingerprint density at radius 3 is 2.68 bits per heavy atom. The number of benzene rings is 2. The normalized spacial score (nSPS) is 11.4. The van der Waals surface area contributed by atoms with Gasteiger partial charge in [-0.2, -0.15) is 0 Å². The van der Waals surface area contributed by atoms with E-state index in [1.165, 1.54) is 6.07 Å². The lowest BCUT2D eigenvalue weighted by Gasteiger charge is -2.26. The third-order valence-corrected chi connectivity index (χ3v) is 3.47. The van der Waals surface area contributed by atoms with Crippen molar-refractivity contribution in [3.63, 3.8) is 0 Å². The summed E-state index contributed by atoms with van der Waals surface area (Å²) in [6.45, 7) is 3.66. The molecule has 1 atom stereocenters. The SMILES string of the molecule is Cc1cccc(ON(C(=O)O)C(C)CNc2ccccc2[N+](=O)[O-])c1. The molecular weight excluding hydrogens is 326 g/mol. The smallest absolute Gasteiger partial charge is 0.441 e. The molecule has 0 saturated carbocycles. The number of anilines is 1. The van der Waals surface area contributed by atoms with Gasteiger partial charge in [0.05, 0.1) is 11.0 Å². The Hall–Kier alpha value is -3.29. The molecule has 2 aromatic carbocycles. The van der Waals surface area contributed by atoms with E-state index in [-0.39, 0.29) is 12.2 Å². The molecule has 8 heteroatoms. The predicted octanol–water partition coefficient (Wildman–Crippen LogP) is 3.68. The molecule has 0 aliphatic heterocycles. The molecule has 0 fully saturated rings. The van der Waals surface area contributed by atoms with Crippen LogP contribution in [-0.2, 0) is 0 Å². The first-order chi connectivity index (χ1) is 11.9. The van der Waals surface area contributed by atoms with Crippen molar-refractivity contribution in [3.8, 4) is 5.75 Å². The zero-order valence-electron chi connectivity index (χ0n) is 13.9. The molecule has 25 heavy (non-hydrogen) atoms. The van der Waals surface area contributed by atoms with E-state index in [2.05, 4.69) is 5.32 Å². The summed E-state index contributed by atoms with van der Waals surface area (Å²) in [6, 6.07) is 12.6. The number of amides is 1. The van der Waals surface area contributed by atoms with Gasteiger partial charge < -0.3 is 15.3 Å². The molecule has 0 aliphatic rings. The van der Waals surface area contributed by atoms with Gasteiger partial charge in [0.15, 0.2) is 5.75 Å². The number of aryl methyl sites for hydroxylation is 1. The van der Waals surface area contributed by atoms with Crippen LogP contribution in [0.3, 0.4) is 0 Å². The predicted molar refractivity (Wildman–Crippen MR) is 92.7 cm³/mol. The lowest BCUT2D eigenvalue weighted by Crippen LogP contribution is -2.43. The monoisotopic (exact) mass is 345 g/mol. The molecule has 2 aromatic rings. The van der Waals surface area contributed by atoms with Crippen LogP contribution in [0.1, 0.15) is 12.5 Å². The zero-order chi connectivity index (χ0) is 18.4. The van der Waals surface area contributed by atoms with Crippen LogP contribution < -0.4 is 10.2 Å².